The molecule has 0 aliphatic carbocycles. The molecule has 2 aromatic rings. The van der Waals surface area contributed by atoms with E-state index in [0.29, 0.717) is 12.4 Å². The van der Waals surface area contributed by atoms with Gasteiger partial charge in [0.1, 0.15) is 6.10 Å². The lowest BCUT2D eigenvalue weighted by atomic mass is 10.1. The molecule has 0 amide bonds. The van der Waals surface area contributed by atoms with Gasteiger partial charge in [-0.15, -0.1) is 0 Å². The van der Waals surface area contributed by atoms with Crippen LogP contribution in [0.3, 0.4) is 0 Å². The normalized spacial score (nSPS) is 12.6. The topological polar surface area (TPSA) is 74.2 Å². The van der Waals surface area contributed by atoms with Crippen molar-refractivity contribution in [3.05, 3.63) is 41.7 Å². The molecule has 0 saturated heterocycles. The average molecular weight is 219 g/mol. The zero-order valence-electron chi connectivity index (χ0n) is 8.96. The van der Waals surface area contributed by atoms with E-state index in [1.54, 1.807) is 0 Å². The Kier molecular flexibility index (Phi) is 3.16. The van der Waals surface area contributed by atoms with Gasteiger partial charge in [-0.1, -0.05) is 35.5 Å². The third-order valence-corrected chi connectivity index (χ3v) is 2.13. The summed E-state index contributed by atoms with van der Waals surface area (Å²) in [5.74, 6) is 0.450. The largest absolute Gasteiger partial charge is 0.366 e. The predicted molar refractivity (Wildman–Crippen MR) is 58.6 cm³/mol. The standard InChI is InChI=1S/C11H13N3O2/c1-2-15-9(8-6-4-3-5-7-8)10-13-11(12)16-14-10/h3-7,9H,2H2,1H3,(H2,12,13,14). The lowest BCUT2D eigenvalue weighted by Gasteiger charge is -2.12. The van der Waals surface area contributed by atoms with E-state index in [4.69, 9.17) is 15.0 Å². The molecule has 0 fully saturated rings. The molecule has 0 radical (unpaired) electrons. The van der Waals surface area contributed by atoms with Crippen molar-refractivity contribution in [1.29, 1.82) is 0 Å². The molecule has 0 spiro atoms. The third-order valence-electron chi connectivity index (χ3n) is 2.13. The van der Waals surface area contributed by atoms with Gasteiger partial charge in [-0.3, -0.25) is 0 Å². The molecule has 5 nitrogen and oxygen atoms in total. The minimum atomic E-state index is -0.327. The van der Waals surface area contributed by atoms with Gasteiger partial charge in [-0.25, -0.2) is 0 Å². The van der Waals surface area contributed by atoms with Crippen molar-refractivity contribution in [3.8, 4) is 0 Å². The summed E-state index contributed by atoms with van der Waals surface area (Å²) < 4.78 is 10.3. The number of hydrogen-bond acceptors (Lipinski definition) is 5. The van der Waals surface area contributed by atoms with E-state index in [1.807, 2.05) is 37.3 Å². The van der Waals surface area contributed by atoms with Gasteiger partial charge >= 0.3 is 6.01 Å². The molecule has 1 aromatic carbocycles. The van der Waals surface area contributed by atoms with Gasteiger partial charge in [0.25, 0.3) is 0 Å². The zero-order chi connectivity index (χ0) is 11.4. The molecule has 0 bridgehead atoms. The van der Waals surface area contributed by atoms with Crippen LogP contribution in [0.15, 0.2) is 34.9 Å². The van der Waals surface area contributed by atoms with Crippen LogP contribution in [0.25, 0.3) is 0 Å². The number of nitrogens with zero attached hydrogens (tertiary/aromatic N) is 2. The van der Waals surface area contributed by atoms with Crippen LogP contribution < -0.4 is 5.73 Å². The van der Waals surface area contributed by atoms with Gasteiger partial charge in [-0.05, 0) is 12.5 Å². The van der Waals surface area contributed by atoms with Crippen molar-refractivity contribution in [2.75, 3.05) is 12.3 Å². The van der Waals surface area contributed by atoms with Gasteiger partial charge in [0.2, 0.25) is 5.82 Å². The summed E-state index contributed by atoms with van der Waals surface area (Å²) in [5, 5.41) is 3.77. The first kappa shape index (κ1) is 10.6. The van der Waals surface area contributed by atoms with Gasteiger partial charge in [0.15, 0.2) is 0 Å². The van der Waals surface area contributed by atoms with Crippen molar-refractivity contribution in [2.24, 2.45) is 0 Å². The summed E-state index contributed by atoms with van der Waals surface area (Å²) in [6.07, 6.45) is -0.327. The first-order valence-corrected chi connectivity index (χ1v) is 5.07. The van der Waals surface area contributed by atoms with Crippen molar-refractivity contribution >= 4 is 6.01 Å². The molecule has 1 atom stereocenters. The van der Waals surface area contributed by atoms with Crippen LogP contribution >= 0.6 is 0 Å². The number of hydrogen-bond donors (Lipinski definition) is 1. The molecular weight excluding hydrogens is 206 g/mol. The molecule has 1 heterocycles. The first-order chi connectivity index (χ1) is 7.81. The molecular formula is C11H13N3O2. The second kappa shape index (κ2) is 4.76. The summed E-state index contributed by atoms with van der Waals surface area (Å²) in [7, 11) is 0. The lowest BCUT2D eigenvalue weighted by Crippen LogP contribution is -2.08. The summed E-state index contributed by atoms with van der Waals surface area (Å²) in [4.78, 5) is 3.98. The van der Waals surface area contributed by atoms with Gasteiger partial charge < -0.3 is 15.0 Å². The fourth-order valence-electron chi connectivity index (χ4n) is 1.47. The van der Waals surface area contributed by atoms with Gasteiger partial charge in [-0.2, -0.15) is 4.98 Å². The maximum absolute atomic E-state index is 5.59. The highest BCUT2D eigenvalue weighted by atomic mass is 16.5. The van der Waals surface area contributed by atoms with E-state index in [9.17, 15) is 0 Å². The summed E-state index contributed by atoms with van der Waals surface area (Å²) in [5.41, 5.74) is 6.37. The Hall–Kier alpha value is -1.88. The summed E-state index contributed by atoms with van der Waals surface area (Å²) in [6, 6.07) is 9.77. The number of nitrogens with two attached hydrogens (primary N) is 1. The Morgan fingerprint density at radius 1 is 1.38 bits per heavy atom. The van der Waals surface area contributed by atoms with Crippen LogP contribution in [0.2, 0.25) is 0 Å². The van der Waals surface area contributed by atoms with E-state index in [-0.39, 0.29) is 12.1 Å². The zero-order valence-corrected chi connectivity index (χ0v) is 8.96. The molecule has 16 heavy (non-hydrogen) atoms. The molecule has 0 aliphatic heterocycles. The van der Waals surface area contributed by atoms with Crippen LogP contribution in [-0.2, 0) is 4.74 Å². The lowest BCUT2D eigenvalue weighted by molar-refractivity contribution is 0.0833. The molecule has 84 valence electrons. The molecule has 2 N–H and O–H groups in total. The quantitative estimate of drug-likeness (QED) is 0.848. The Bertz CT molecular complexity index is 442. The van der Waals surface area contributed by atoms with E-state index >= 15 is 0 Å². The van der Waals surface area contributed by atoms with Crippen molar-refractivity contribution in [3.63, 3.8) is 0 Å². The van der Waals surface area contributed by atoms with Crippen LogP contribution in [0, 0.1) is 0 Å². The Balaban J connectivity index is 2.31. The maximum Gasteiger partial charge on any atom is 0.318 e. The van der Waals surface area contributed by atoms with Crippen molar-refractivity contribution < 1.29 is 9.26 Å². The van der Waals surface area contributed by atoms with Crippen LogP contribution in [0.5, 0.6) is 0 Å². The highest BCUT2D eigenvalue weighted by Gasteiger charge is 2.19. The minimum Gasteiger partial charge on any atom is -0.366 e. The monoisotopic (exact) mass is 219 g/mol. The number of nitrogen functional groups attached to an aromatic ring is 1. The fourth-order valence-corrected chi connectivity index (χ4v) is 1.47. The average Bonchev–Trinajstić information content (AvgIpc) is 2.74. The van der Waals surface area contributed by atoms with Crippen molar-refractivity contribution in [2.45, 2.75) is 13.0 Å². The molecule has 5 heteroatoms. The Morgan fingerprint density at radius 2 is 2.12 bits per heavy atom. The highest BCUT2D eigenvalue weighted by Crippen LogP contribution is 2.23. The van der Waals surface area contributed by atoms with Gasteiger partial charge in [0.05, 0.1) is 0 Å². The van der Waals surface area contributed by atoms with Crippen LogP contribution in [-0.4, -0.2) is 16.7 Å². The highest BCUT2D eigenvalue weighted by molar-refractivity contribution is 5.24. The first-order valence-electron chi connectivity index (χ1n) is 5.07. The number of ether oxygens (including phenoxy) is 1. The molecule has 0 aliphatic rings. The second-order valence-corrected chi connectivity index (χ2v) is 3.24. The smallest absolute Gasteiger partial charge is 0.318 e. The number of rotatable bonds is 4. The summed E-state index contributed by atoms with van der Waals surface area (Å²) in [6.45, 7) is 2.48. The number of benzene rings is 1. The molecule has 1 unspecified atom stereocenters. The molecule has 1 aromatic heterocycles. The Morgan fingerprint density at radius 3 is 2.69 bits per heavy atom. The minimum absolute atomic E-state index is 0.0515. The van der Waals surface area contributed by atoms with E-state index in [1.165, 1.54) is 0 Å². The fraction of sp³-hybridized carbons (Fsp3) is 0.273. The number of aromatic nitrogens is 2. The number of anilines is 1. The van der Waals surface area contributed by atoms with E-state index < -0.39 is 0 Å². The van der Waals surface area contributed by atoms with Crippen molar-refractivity contribution in [1.82, 2.24) is 10.1 Å². The second-order valence-electron chi connectivity index (χ2n) is 3.24. The van der Waals surface area contributed by atoms with Gasteiger partial charge in [0, 0.05) is 6.61 Å². The Labute approximate surface area is 93.2 Å². The molecule has 2 rings (SSSR count). The third kappa shape index (κ3) is 2.20. The van der Waals surface area contributed by atoms with E-state index in [2.05, 4.69) is 10.1 Å². The van der Waals surface area contributed by atoms with Crippen LogP contribution in [0.4, 0.5) is 6.01 Å². The molecule has 0 saturated carbocycles. The van der Waals surface area contributed by atoms with E-state index in [0.717, 1.165) is 5.56 Å². The summed E-state index contributed by atoms with van der Waals surface area (Å²) >= 11 is 0. The maximum atomic E-state index is 5.59. The SMILES string of the molecule is CCOC(c1ccccc1)c1noc(N)n1. The van der Waals surface area contributed by atoms with Crippen LogP contribution in [0.1, 0.15) is 24.4 Å². The predicted octanol–water partition coefficient (Wildman–Crippen LogP) is 1.78.